The van der Waals surface area contributed by atoms with E-state index in [-0.39, 0.29) is 21.0 Å². The summed E-state index contributed by atoms with van der Waals surface area (Å²) in [6.07, 6.45) is -17.0. The van der Waals surface area contributed by atoms with Gasteiger partial charge in [-0.15, -0.1) is 5.10 Å². The van der Waals surface area contributed by atoms with Gasteiger partial charge in [-0.1, -0.05) is 36.0 Å². The van der Waals surface area contributed by atoms with Crippen molar-refractivity contribution >= 4 is 28.7 Å². The molecule has 0 spiro atoms. The lowest BCUT2D eigenvalue weighted by Crippen LogP contribution is -2.33. The van der Waals surface area contributed by atoms with Gasteiger partial charge in [-0.2, -0.15) is 0 Å². The van der Waals surface area contributed by atoms with E-state index in [1.54, 1.807) is 0 Å². The third kappa shape index (κ3) is 4.92. The maximum atomic E-state index is 14.5. The average Bonchev–Trinajstić information content (AvgIpc) is 3.26. The van der Waals surface area contributed by atoms with Gasteiger partial charge in [0.05, 0.1) is 32.2 Å². The van der Waals surface area contributed by atoms with E-state index in [1.807, 2.05) is 6.92 Å². The van der Waals surface area contributed by atoms with Crippen LogP contribution >= 0.6 is 11.8 Å². The number of anilines is 1. The van der Waals surface area contributed by atoms with Crippen LogP contribution in [-0.2, 0) is 4.74 Å². The normalized spacial score (nSPS) is 46.7. The van der Waals surface area contributed by atoms with Crippen molar-refractivity contribution in [3.8, 4) is 0 Å². The Bertz CT molecular complexity index is 1710. The Kier molecular flexibility index (Phi) is 4.62. The van der Waals surface area contributed by atoms with Gasteiger partial charge in [0.15, 0.2) is 22.1 Å². The molecule has 194 valence electrons. The molecule has 2 aliphatic carbocycles. The molecule has 0 radical (unpaired) electrons. The summed E-state index contributed by atoms with van der Waals surface area (Å²) in [4.78, 5) is 8.54. The first-order valence-electron chi connectivity index (χ1n) is 16.1. The fourth-order valence-corrected chi connectivity index (χ4v) is 4.11. The maximum absolute atomic E-state index is 14.5. The zero-order valence-electron chi connectivity index (χ0n) is 29.3. The van der Waals surface area contributed by atoms with Crippen molar-refractivity contribution in [3.63, 3.8) is 0 Å². The van der Waals surface area contributed by atoms with Crippen LogP contribution in [0.3, 0.4) is 0 Å². The Labute approximate surface area is 226 Å². The zero-order valence-corrected chi connectivity index (χ0v) is 20.1. The second kappa shape index (κ2) is 10.5. The molecular weight excluding hydrogens is 487 g/mol. The molecule has 0 saturated heterocycles. The predicted molar refractivity (Wildman–Crippen MR) is 133 cm³/mol. The lowest BCUT2D eigenvalue weighted by molar-refractivity contribution is -0.0629. The topological polar surface area (TPSA) is 138 Å². The van der Waals surface area contributed by atoms with Crippen molar-refractivity contribution in [1.29, 1.82) is 0 Å². The van der Waals surface area contributed by atoms with Gasteiger partial charge in [-0.05, 0) is 36.9 Å². The highest BCUT2D eigenvalue weighted by Gasteiger charge is 2.45. The molecule has 12 heteroatoms. The number of nitrogens with one attached hydrogen (secondary N) is 1. The van der Waals surface area contributed by atoms with Gasteiger partial charge in [0.2, 0.25) is 0 Å². The minimum absolute atomic E-state index is 0.104. The standard InChI is InChI=1S/C24H31FN6O4S/c1-3-8-36-24-27-22(26-16-10-14(16)13-5-4-12(2)15(25)9-13)19-23(28-24)31(30-29-19)17-11-18(35-7-6-32)21(34)20(17)33/h4-5,9,14,16-18,20-21,32-34H,3,6-8,10-11H2,1-2H3,(H,26,27,28)/t14-,16+,17+,18-,20-,21+/m0/s1/i10D2,11D2,14D,16D,17D,18D,20D,21D. The van der Waals surface area contributed by atoms with Gasteiger partial charge in [0, 0.05) is 30.9 Å². The number of thioether (sulfide) groups is 1. The average molecular weight is 529 g/mol. The summed E-state index contributed by atoms with van der Waals surface area (Å²) in [5.74, 6) is -3.09. The lowest BCUT2D eigenvalue weighted by Gasteiger charge is -2.17. The number of fused-ring (bicyclic) bond motifs is 1. The largest absolute Gasteiger partial charge is 0.394 e. The first kappa shape index (κ1) is 15.8. The number of aryl methyl sites for hydroxylation is 1. The van der Waals surface area contributed by atoms with E-state index in [1.165, 1.54) is 19.1 Å². The monoisotopic (exact) mass is 528 g/mol. The fourth-order valence-electron chi connectivity index (χ4n) is 3.41. The van der Waals surface area contributed by atoms with Gasteiger partial charge in [0.25, 0.3) is 0 Å². The van der Waals surface area contributed by atoms with E-state index < -0.39 is 84.9 Å². The van der Waals surface area contributed by atoms with Crippen LogP contribution in [0.15, 0.2) is 23.4 Å². The molecule has 4 N–H and O–H groups in total. The molecule has 1 aromatic carbocycles. The van der Waals surface area contributed by atoms with E-state index in [0.29, 0.717) is 12.2 Å². The van der Waals surface area contributed by atoms with E-state index in [4.69, 9.17) is 18.4 Å². The molecule has 36 heavy (non-hydrogen) atoms. The molecule has 10 nitrogen and oxygen atoms in total. The van der Waals surface area contributed by atoms with E-state index in [2.05, 4.69) is 25.6 Å². The summed E-state index contributed by atoms with van der Waals surface area (Å²) in [7, 11) is 0. The number of aromatic nitrogens is 5. The van der Waals surface area contributed by atoms with Crippen LogP contribution in [-0.4, -0.2) is 83.5 Å². The number of aliphatic hydroxyl groups is 3. The van der Waals surface area contributed by atoms with Crippen molar-refractivity contribution in [2.24, 2.45) is 0 Å². The Balaban J connectivity index is 1.70. The molecule has 0 unspecified atom stereocenters. The highest BCUT2D eigenvalue weighted by Crippen LogP contribution is 2.44. The third-order valence-electron chi connectivity index (χ3n) is 5.30. The van der Waals surface area contributed by atoms with Crippen LogP contribution in [0.5, 0.6) is 0 Å². The lowest BCUT2D eigenvalue weighted by atomic mass is 10.1. The number of halogens is 1. The Hall–Kier alpha value is -2.38. The van der Waals surface area contributed by atoms with Crippen molar-refractivity contribution < 1.29 is 38.2 Å². The number of aliphatic hydroxyl groups excluding tert-OH is 1. The van der Waals surface area contributed by atoms with Crippen molar-refractivity contribution in [1.82, 2.24) is 25.0 Å². The first-order chi connectivity index (χ1) is 21.1. The van der Waals surface area contributed by atoms with Crippen LogP contribution < -0.4 is 5.32 Å². The van der Waals surface area contributed by atoms with E-state index >= 15 is 0 Å². The summed E-state index contributed by atoms with van der Waals surface area (Å²) in [5.41, 5.74) is -0.930. The third-order valence-corrected chi connectivity index (χ3v) is 6.35. The molecular formula is C24H31FN6O4S. The number of benzene rings is 1. The van der Waals surface area contributed by atoms with E-state index in [0.717, 1.165) is 17.8 Å². The van der Waals surface area contributed by atoms with Gasteiger partial charge in [-0.25, -0.2) is 19.0 Å². The Morgan fingerprint density at radius 3 is 2.89 bits per heavy atom. The maximum Gasteiger partial charge on any atom is 0.191 e. The second-order valence-electron chi connectivity index (χ2n) is 7.91. The fraction of sp³-hybridized carbons (Fsp3) is 0.583. The van der Waals surface area contributed by atoms with Gasteiger partial charge >= 0.3 is 0 Å². The highest BCUT2D eigenvalue weighted by atomic mass is 32.2. The van der Waals surface area contributed by atoms with Crippen LogP contribution in [0.4, 0.5) is 10.2 Å². The molecule has 2 aromatic heterocycles. The molecule has 3 aromatic rings. The smallest absolute Gasteiger partial charge is 0.191 e. The van der Waals surface area contributed by atoms with Crippen LogP contribution in [0.25, 0.3) is 11.2 Å². The summed E-state index contributed by atoms with van der Waals surface area (Å²) >= 11 is 1.04. The molecule has 0 bridgehead atoms. The van der Waals surface area contributed by atoms with Gasteiger partial charge in [-0.3, -0.25) is 0 Å². The van der Waals surface area contributed by atoms with Crippen molar-refractivity contribution in [3.05, 3.63) is 35.1 Å². The molecule has 2 fully saturated rings. The minimum Gasteiger partial charge on any atom is -0.394 e. The zero-order chi connectivity index (χ0) is 34.5. The molecule has 5 rings (SSSR count). The number of hydrogen-bond acceptors (Lipinski definition) is 10. The SMILES string of the molecule is [2H]C1([2H])[C@@]([2H])(Nc2nc(SCCC)nc3c2nnn3[C@]2([2H])C([2H])([2H])[C@]([2H])(OCCO)[C@@]([2H])(O)[C@@]2([2H])O)[C@]1([2H])c1ccc(C)c(F)c1. The molecule has 0 amide bonds. The van der Waals surface area contributed by atoms with Crippen LogP contribution in [0, 0.1) is 12.7 Å². The number of hydrogen-bond donors (Lipinski definition) is 4. The summed E-state index contributed by atoms with van der Waals surface area (Å²) in [6.45, 7) is 1.71. The molecule has 6 atom stereocenters. The van der Waals surface area contributed by atoms with Crippen LogP contribution in [0.2, 0.25) is 0 Å². The molecule has 2 saturated carbocycles. The van der Waals surface area contributed by atoms with Crippen molar-refractivity contribution in [2.45, 2.75) is 74.3 Å². The molecule has 2 heterocycles. The minimum atomic E-state index is -3.91. The quantitative estimate of drug-likeness (QED) is 0.229. The number of nitrogens with zero attached hydrogens (tertiary/aromatic N) is 5. The summed E-state index contributed by atoms with van der Waals surface area (Å²) in [5, 5.41) is 41.3. The number of rotatable bonds is 10. The molecule has 0 aliphatic heterocycles. The second-order valence-corrected chi connectivity index (χ2v) is 8.97. The van der Waals surface area contributed by atoms with Gasteiger partial charge < -0.3 is 25.4 Å². The number of ether oxygens (including phenoxy) is 1. The summed E-state index contributed by atoms with van der Waals surface area (Å²) < 4.78 is 106. The Morgan fingerprint density at radius 2 is 2.14 bits per heavy atom. The van der Waals surface area contributed by atoms with E-state index in [9.17, 15) is 19.7 Å². The predicted octanol–water partition coefficient (Wildman–Crippen LogP) is 2.18. The van der Waals surface area contributed by atoms with Gasteiger partial charge in [0.1, 0.15) is 18.0 Å². The van der Waals surface area contributed by atoms with Crippen molar-refractivity contribution in [2.75, 3.05) is 24.3 Å². The first-order valence-corrected chi connectivity index (χ1v) is 12.1. The van der Waals surface area contributed by atoms with Crippen LogP contribution in [0.1, 0.15) is 62.8 Å². The molecule has 2 aliphatic rings. The summed E-state index contributed by atoms with van der Waals surface area (Å²) in [6, 6.07) is -2.48. The Morgan fingerprint density at radius 1 is 1.31 bits per heavy atom. The highest BCUT2D eigenvalue weighted by molar-refractivity contribution is 7.99.